The molecule has 0 aliphatic rings. The van der Waals surface area contributed by atoms with Gasteiger partial charge in [0.15, 0.2) is 0 Å². The molecular weight excluding hydrogens is 311 g/mol. The Balaban J connectivity index is 1.88. The maximum atomic E-state index is 12.3. The number of halogens is 3. The summed E-state index contributed by atoms with van der Waals surface area (Å²) in [5, 5.41) is 6.59. The lowest BCUT2D eigenvalue weighted by atomic mass is 10.2. The second-order valence-corrected chi connectivity index (χ2v) is 4.88. The summed E-state index contributed by atoms with van der Waals surface area (Å²) in [6, 6.07) is 7.52. The molecule has 0 atom stereocenters. The molecule has 0 saturated heterocycles. The van der Waals surface area contributed by atoms with Crippen molar-refractivity contribution in [3.05, 3.63) is 47.8 Å². The second-order valence-electron chi connectivity index (χ2n) is 4.88. The first-order valence-electron chi connectivity index (χ1n) is 6.92. The molecule has 0 radical (unpaired) electrons. The summed E-state index contributed by atoms with van der Waals surface area (Å²) < 4.78 is 42.6. The average Bonchev–Trinajstić information content (AvgIpc) is 2.88. The van der Waals surface area contributed by atoms with Crippen LogP contribution in [0.4, 0.5) is 13.2 Å². The number of ether oxygens (including phenoxy) is 1. The van der Waals surface area contributed by atoms with Crippen molar-refractivity contribution in [1.82, 2.24) is 15.1 Å². The topological polar surface area (TPSA) is 56.2 Å². The van der Waals surface area contributed by atoms with Gasteiger partial charge in [-0.3, -0.25) is 9.48 Å². The van der Waals surface area contributed by atoms with E-state index in [1.165, 1.54) is 18.2 Å². The van der Waals surface area contributed by atoms with Crippen LogP contribution in [0.25, 0.3) is 0 Å². The van der Waals surface area contributed by atoms with Crippen molar-refractivity contribution < 1.29 is 22.7 Å². The molecular formula is C15H16F3N3O2. The predicted octanol–water partition coefficient (Wildman–Crippen LogP) is 2.57. The zero-order valence-corrected chi connectivity index (χ0v) is 12.4. The SMILES string of the molecule is Cn1nccc1CCC(=O)NCc1ccccc1OC(F)(F)F. The lowest BCUT2D eigenvalue weighted by Crippen LogP contribution is -2.24. The van der Waals surface area contributed by atoms with Gasteiger partial charge in [0, 0.05) is 37.5 Å². The van der Waals surface area contributed by atoms with Crippen molar-refractivity contribution in [2.24, 2.45) is 7.05 Å². The van der Waals surface area contributed by atoms with Crippen LogP contribution in [-0.4, -0.2) is 22.1 Å². The molecule has 2 aromatic rings. The van der Waals surface area contributed by atoms with Crippen LogP contribution in [0.15, 0.2) is 36.5 Å². The second kappa shape index (κ2) is 7.17. The molecule has 0 bridgehead atoms. The molecule has 2 rings (SSSR count). The van der Waals surface area contributed by atoms with E-state index in [1.54, 1.807) is 30.1 Å². The van der Waals surface area contributed by atoms with Crippen molar-refractivity contribution in [2.75, 3.05) is 0 Å². The number of nitrogens with zero attached hydrogens (tertiary/aromatic N) is 2. The van der Waals surface area contributed by atoms with Gasteiger partial charge in [-0.05, 0) is 18.6 Å². The van der Waals surface area contributed by atoms with Gasteiger partial charge in [0.05, 0.1) is 0 Å². The zero-order valence-electron chi connectivity index (χ0n) is 12.4. The Bertz CT molecular complexity index is 668. The highest BCUT2D eigenvalue weighted by molar-refractivity contribution is 5.76. The Labute approximate surface area is 131 Å². The predicted molar refractivity (Wildman–Crippen MR) is 76.5 cm³/mol. The molecule has 0 aliphatic carbocycles. The summed E-state index contributed by atoms with van der Waals surface area (Å²) in [4.78, 5) is 11.8. The number of aryl methyl sites for hydroxylation is 2. The molecule has 0 fully saturated rings. The van der Waals surface area contributed by atoms with E-state index in [9.17, 15) is 18.0 Å². The van der Waals surface area contributed by atoms with E-state index in [-0.39, 0.29) is 30.2 Å². The number of carbonyl (C=O) groups is 1. The first-order valence-corrected chi connectivity index (χ1v) is 6.92. The van der Waals surface area contributed by atoms with Crippen molar-refractivity contribution >= 4 is 5.91 Å². The third-order valence-electron chi connectivity index (χ3n) is 3.20. The number of aromatic nitrogens is 2. The lowest BCUT2D eigenvalue weighted by molar-refractivity contribution is -0.274. The Hall–Kier alpha value is -2.51. The molecule has 1 N–H and O–H groups in total. The van der Waals surface area contributed by atoms with Crippen LogP contribution in [0, 0.1) is 0 Å². The summed E-state index contributed by atoms with van der Waals surface area (Å²) in [7, 11) is 1.78. The number of benzene rings is 1. The van der Waals surface area contributed by atoms with Crippen LogP contribution >= 0.6 is 0 Å². The van der Waals surface area contributed by atoms with Gasteiger partial charge in [-0.25, -0.2) is 0 Å². The molecule has 0 aliphatic heterocycles. The average molecular weight is 327 g/mol. The molecule has 0 saturated carbocycles. The minimum atomic E-state index is -4.76. The highest BCUT2D eigenvalue weighted by atomic mass is 19.4. The monoisotopic (exact) mass is 327 g/mol. The van der Waals surface area contributed by atoms with E-state index in [2.05, 4.69) is 15.2 Å². The normalized spacial score (nSPS) is 11.3. The van der Waals surface area contributed by atoms with Crippen LogP contribution < -0.4 is 10.1 Å². The number of nitrogens with one attached hydrogen (secondary N) is 1. The fourth-order valence-electron chi connectivity index (χ4n) is 2.04. The van der Waals surface area contributed by atoms with Gasteiger partial charge >= 0.3 is 6.36 Å². The van der Waals surface area contributed by atoms with Gasteiger partial charge in [-0.15, -0.1) is 13.2 Å². The van der Waals surface area contributed by atoms with E-state index < -0.39 is 6.36 Å². The lowest BCUT2D eigenvalue weighted by Gasteiger charge is -2.13. The van der Waals surface area contributed by atoms with Gasteiger partial charge in [0.2, 0.25) is 5.91 Å². The fraction of sp³-hybridized carbons (Fsp3) is 0.333. The Morgan fingerprint density at radius 2 is 2.04 bits per heavy atom. The largest absolute Gasteiger partial charge is 0.573 e. The van der Waals surface area contributed by atoms with E-state index in [0.717, 1.165) is 5.69 Å². The van der Waals surface area contributed by atoms with Gasteiger partial charge < -0.3 is 10.1 Å². The van der Waals surface area contributed by atoms with Gasteiger partial charge in [-0.1, -0.05) is 18.2 Å². The van der Waals surface area contributed by atoms with Crippen molar-refractivity contribution in [1.29, 1.82) is 0 Å². The quantitative estimate of drug-likeness (QED) is 0.887. The first-order chi connectivity index (χ1) is 10.8. The summed E-state index contributed by atoms with van der Waals surface area (Å²) in [5.41, 5.74) is 1.17. The van der Waals surface area contributed by atoms with E-state index in [4.69, 9.17) is 0 Å². The Morgan fingerprint density at radius 1 is 1.30 bits per heavy atom. The summed E-state index contributed by atoms with van der Waals surface area (Å²) in [5.74, 6) is -0.569. The van der Waals surface area contributed by atoms with Crippen LogP contribution in [0.5, 0.6) is 5.75 Å². The summed E-state index contributed by atoms with van der Waals surface area (Å²) >= 11 is 0. The molecule has 1 aromatic carbocycles. The number of amides is 1. The Kier molecular flexibility index (Phi) is 5.25. The number of hydrogen-bond acceptors (Lipinski definition) is 3. The van der Waals surface area contributed by atoms with Crippen molar-refractivity contribution in [3.63, 3.8) is 0 Å². The molecule has 0 unspecified atom stereocenters. The minimum absolute atomic E-state index is 0.0313. The summed E-state index contributed by atoms with van der Waals surface area (Å²) in [6.07, 6.45) is -2.40. The molecule has 23 heavy (non-hydrogen) atoms. The van der Waals surface area contributed by atoms with Gasteiger partial charge in [0.1, 0.15) is 5.75 Å². The van der Waals surface area contributed by atoms with Gasteiger partial charge in [-0.2, -0.15) is 5.10 Å². The third-order valence-corrected chi connectivity index (χ3v) is 3.20. The first kappa shape index (κ1) is 16.9. The van der Waals surface area contributed by atoms with Crippen molar-refractivity contribution in [3.8, 4) is 5.75 Å². The van der Waals surface area contributed by atoms with Crippen molar-refractivity contribution in [2.45, 2.75) is 25.7 Å². The summed E-state index contributed by atoms with van der Waals surface area (Å²) in [6.45, 7) is -0.0313. The molecule has 1 aromatic heterocycles. The van der Waals surface area contributed by atoms with Crippen LogP contribution in [-0.2, 0) is 24.8 Å². The molecule has 1 amide bonds. The standard InChI is InChI=1S/C15H16F3N3O2/c1-21-12(8-9-20-21)6-7-14(22)19-10-11-4-2-3-5-13(11)23-15(16,17)18/h2-5,8-9H,6-7,10H2,1H3,(H,19,22). The maximum absolute atomic E-state index is 12.3. The van der Waals surface area contributed by atoms with Crippen LogP contribution in [0.3, 0.4) is 0 Å². The molecule has 1 heterocycles. The molecule has 124 valence electrons. The number of carbonyl (C=O) groups excluding carboxylic acids is 1. The fourth-order valence-corrected chi connectivity index (χ4v) is 2.04. The number of alkyl halides is 3. The highest BCUT2D eigenvalue weighted by Gasteiger charge is 2.31. The Morgan fingerprint density at radius 3 is 2.70 bits per heavy atom. The number of hydrogen-bond donors (Lipinski definition) is 1. The van der Waals surface area contributed by atoms with E-state index in [0.29, 0.717) is 6.42 Å². The molecule has 5 nitrogen and oxygen atoms in total. The van der Waals surface area contributed by atoms with Crippen LogP contribution in [0.2, 0.25) is 0 Å². The highest BCUT2D eigenvalue weighted by Crippen LogP contribution is 2.26. The molecule has 8 heteroatoms. The third kappa shape index (κ3) is 5.32. The van der Waals surface area contributed by atoms with Crippen LogP contribution in [0.1, 0.15) is 17.7 Å². The minimum Gasteiger partial charge on any atom is -0.405 e. The number of para-hydroxylation sites is 1. The number of rotatable bonds is 6. The smallest absolute Gasteiger partial charge is 0.405 e. The van der Waals surface area contributed by atoms with E-state index in [1.807, 2.05) is 0 Å². The van der Waals surface area contributed by atoms with Gasteiger partial charge in [0.25, 0.3) is 0 Å². The zero-order chi connectivity index (χ0) is 16.9. The maximum Gasteiger partial charge on any atom is 0.573 e. The van der Waals surface area contributed by atoms with E-state index >= 15 is 0 Å². The molecule has 0 spiro atoms.